The summed E-state index contributed by atoms with van der Waals surface area (Å²) >= 11 is 0. The van der Waals surface area contributed by atoms with Crippen LogP contribution in [0.4, 0.5) is 0 Å². The third kappa shape index (κ3) is 1.87. The lowest BCUT2D eigenvalue weighted by Gasteiger charge is -2.19. The monoisotopic (exact) mass is 168 g/mol. The molecule has 0 spiro atoms. The topological polar surface area (TPSA) is 21.8 Å². The lowest BCUT2D eigenvalue weighted by molar-refractivity contribution is 0.0479. The molecule has 1 aliphatic heterocycles. The molecule has 12 heavy (non-hydrogen) atoms. The Kier molecular flexibility index (Phi) is 2.20. The molecule has 0 N–H and O–H groups in total. The van der Waals surface area contributed by atoms with Gasteiger partial charge in [0.15, 0.2) is 0 Å². The van der Waals surface area contributed by atoms with Crippen LogP contribution in [-0.2, 0) is 9.47 Å². The minimum Gasteiger partial charge on any atom is -0.374 e. The first-order valence-electron chi connectivity index (χ1n) is 4.67. The summed E-state index contributed by atoms with van der Waals surface area (Å²) in [6, 6.07) is 0. The molecule has 1 heterocycles. The Bertz CT molecular complexity index is 188. The van der Waals surface area contributed by atoms with Crippen LogP contribution < -0.4 is 0 Å². The van der Waals surface area contributed by atoms with Gasteiger partial charge in [-0.05, 0) is 19.8 Å². The first-order chi connectivity index (χ1) is 5.75. The molecule has 2 fully saturated rings. The summed E-state index contributed by atoms with van der Waals surface area (Å²) in [6.07, 6.45) is 4.96. The van der Waals surface area contributed by atoms with Crippen LogP contribution in [0.1, 0.15) is 26.2 Å². The van der Waals surface area contributed by atoms with Crippen molar-refractivity contribution in [3.8, 4) is 0 Å². The van der Waals surface area contributed by atoms with Crippen LogP contribution in [0.3, 0.4) is 0 Å². The van der Waals surface area contributed by atoms with E-state index in [-0.39, 0.29) is 0 Å². The second kappa shape index (κ2) is 3.19. The van der Waals surface area contributed by atoms with Crippen LogP contribution in [0, 0.1) is 0 Å². The van der Waals surface area contributed by atoms with Gasteiger partial charge in [-0.25, -0.2) is 0 Å². The molecule has 0 aromatic carbocycles. The van der Waals surface area contributed by atoms with Crippen molar-refractivity contribution < 1.29 is 9.47 Å². The van der Waals surface area contributed by atoms with E-state index >= 15 is 0 Å². The molecule has 0 aromatic heterocycles. The first kappa shape index (κ1) is 8.27. The Labute approximate surface area is 73.5 Å². The highest BCUT2D eigenvalue weighted by Crippen LogP contribution is 2.37. The summed E-state index contributed by atoms with van der Waals surface area (Å²) in [5.74, 6) is 0. The minimum atomic E-state index is 0.422. The number of ether oxygens (including phenoxy) is 2. The predicted octanol–water partition coefficient (Wildman–Crippen LogP) is 1.90. The number of hydrogen-bond donors (Lipinski definition) is 0. The molecule has 68 valence electrons. The van der Waals surface area contributed by atoms with E-state index in [0.717, 1.165) is 18.4 Å². The number of rotatable bonds is 3. The molecule has 1 saturated heterocycles. The fraction of sp³-hybridized carbons (Fsp3) is 0.800. The van der Waals surface area contributed by atoms with E-state index in [9.17, 15) is 0 Å². The van der Waals surface area contributed by atoms with E-state index in [0.29, 0.717) is 24.9 Å². The van der Waals surface area contributed by atoms with Crippen molar-refractivity contribution in [2.45, 2.75) is 44.5 Å². The molecule has 2 rings (SSSR count). The standard InChI is InChI=1S/C10H16O2/c1-7(2)6-11-8-3-4-9-10(5-8)12-9/h8-10H,1,3-6H2,2H3. The molecular formula is C10H16O2. The minimum absolute atomic E-state index is 0.422. The lowest BCUT2D eigenvalue weighted by atomic mass is 9.98. The first-order valence-corrected chi connectivity index (χ1v) is 4.67. The van der Waals surface area contributed by atoms with Crippen LogP contribution in [0.2, 0.25) is 0 Å². The summed E-state index contributed by atoms with van der Waals surface area (Å²) < 4.78 is 11.1. The van der Waals surface area contributed by atoms with Crippen molar-refractivity contribution in [1.29, 1.82) is 0 Å². The number of fused-ring (bicyclic) bond motifs is 1. The molecule has 2 heteroatoms. The third-order valence-electron chi connectivity index (χ3n) is 2.52. The SMILES string of the molecule is C=C(C)COC1CCC2OC2C1. The highest BCUT2D eigenvalue weighted by atomic mass is 16.6. The quantitative estimate of drug-likeness (QED) is 0.474. The number of epoxide rings is 1. The summed E-state index contributed by atoms with van der Waals surface area (Å²) in [5, 5.41) is 0. The molecule has 2 aliphatic rings. The molecule has 2 nitrogen and oxygen atoms in total. The highest BCUT2D eigenvalue weighted by molar-refractivity contribution is 4.94. The molecule has 0 aromatic rings. The van der Waals surface area contributed by atoms with Crippen LogP contribution in [0.25, 0.3) is 0 Å². The Hall–Kier alpha value is -0.340. The van der Waals surface area contributed by atoms with Gasteiger partial charge in [0.25, 0.3) is 0 Å². The zero-order valence-electron chi connectivity index (χ0n) is 7.58. The molecular weight excluding hydrogens is 152 g/mol. The zero-order chi connectivity index (χ0) is 8.55. The van der Waals surface area contributed by atoms with Crippen molar-refractivity contribution in [2.24, 2.45) is 0 Å². The van der Waals surface area contributed by atoms with Crippen LogP contribution >= 0.6 is 0 Å². The maximum absolute atomic E-state index is 5.66. The Morgan fingerprint density at radius 3 is 3.00 bits per heavy atom. The normalized spacial score (nSPS) is 38.9. The van der Waals surface area contributed by atoms with Crippen LogP contribution in [-0.4, -0.2) is 24.9 Å². The van der Waals surface area contributed by atoms with E-state index in [1.54, 1.807) is 0 Å². The van der Waals surface area contributed by atoms with Gasteiger partial charge >= 0.3 is 0 Å². The highest BCUT2D eigenvalue weighted by Gasteiger charge is 2.44. The maximum Gasteiger partial charge on any atom is 0.0866 e. The van der Waals surface area contributed by atoms with Crippen molar-refractivity contribution >= 4 is 0 Å². The summed E-state index contributed by atoms with van der Waals surface area (Å²) in [6.45, 7) is 6.52. The Morgan fingerprint density at radius 1 is 1.50 bits per heavy atom. The van der Waals surface area contributed by atoms with Gasteiger partial charge in [-0.3, -0.25) is 0 Å². The largest absolute Gasteiger partial charge is 0.374 e. The van der Waals surface area contributed by atoms with Gasteiger partial charge in [0, 0.05) is 6.42 Å². The second-order valence-corrected chi connectivity index (χ2v) is 3.92. The van der Waals surface area contributed by atoms with Crippen molar-refractivity contribution in [3.05, 3.63) is 12.2 Å². The number of hydrogen-bond acceptors (Lipinski definition) is 2. The molecule has 1 saturated carbocycles. The molecule has 0 amide bonds. The van der Waals surface area contributed by atoms with Crippen LogP contribution in [0.15, 0.2) is 12.2 Å². The van der Waals surface area contributed by atoms with Crippen LogP contribution in [0.5, 0.6) is 0 Å². The molecule has 3 atom stereocenters. The summed E-state index contributed by atoms with van der Waals surface area (Å²) in [4.78, 5) is 0. The molecule has 0 bridgehead atoms. The summed E-state index contributed by atoms with van der Waals surface area (Å²) in [5.41, 5.74) is 1.11. The van der Waals surface area contributed by atoms with Gasteiger partial charge in [0.2, 0.25) is 0 Å². The average molecular weight is 168 g/mol. The molecule has 0 radical (unpaired) electrons. The lowest BCUT2D eigenvalue weighted by Crippen LogP contribution is -2.22. The van der Waals surface area contributed by atoms with Gasteiger partial charge in [0.05, 0.1) is 24.9 Å². The second-order valence-electron chi connectivity index (χ2n) is 3.92. The fourth-order valence-corrected chi connectivity index (χ4v) is 1.78. The van der Waals surface area contributed by atoms with Crippen molar-refractivity contribution in [2.75, 3.05) is 6.61 Å². The van der Waals surface area contributed by atoms with Gasteiger partial charge in [-0.1, -0.05) is 12.2 Å². The maximum atomic E-state index is 5.66. The fourth-order valence-electron chi connectivity index (χ4n) is 1.78. The predicted molar refractivity (Wildman–Crippen MR) is 47.1 cm³/mol. The van der Waals surface area contributed by atoms with Gasteiger partial charge in [-0.15, -0.1) is 0 Å². The molecule has 3 unspecified atom stereocenters. The Balaban J connectivity index is 1.70. The average Bonchev–Trinajstić information content (AvgIpc) is 2.78. The van der Waals surface area contributed by atoms with Gasteiger partial charge in [-0.2, -0.15) is 0 Å². The van der Waals surface area contributed by atoms with E-state index in [2.05, 4.69) is 6.58 Å². The summed E-state index contributed by atoms with van der Waals surface area (Å²) in [7, 11) is 0. The van der Waals surface area contributed by atoms with Gasteiger partial charge in [0.1, 0.15) is 0 Å². The zero-order valence-corrected chi connectivity index (χ0v) is 7.58. The Morgan fingerprint density at radius 2 is 2.33 bits per heavy atom. The van der Waals surface area contributed by atoms with Gasteiger partial charge < -0.3 is 9.47 Å². The van der Waals surface area contributed by atoms with E-state index in [1.165, 1.54) is 6.42 Å². The third-order valence-corrected chi connectivity index (χ3v) is 2.52. The van der Waals surface area contributed by atoms with Crippen molar-refractivity contribution in [3.63, 3.8) is 0 Å². The van der Waals surface area contributed by atoms with E-state index in [1.807, 2.05) is 6.92 Å². The smallest absolute Gasteiger partial charge is 0.0866 e. The van der Waals surface area contributed by atoms with E-state index in [4.69, 9.17) is 9.47 Å². The molecule has 1 aliphatic carbocycles. The van der Waals surface area contributed by atoms with Crippen molar-refractivity contribution in [1.82, 2.24) is 0 Å². The van der Waals surface area contributed by atoms with E-state index < -0.39 is 0 Å².